The molecule has 3 aromatic rings. The number of carbonyl (C=O) groups is 2. The number of halogens is 1. The number of H-pyrrole nitrogens is 1. The lowest BCUT2D eigenvalue weighted by Gasteiger charge is -2.07. The van der Waals surface area contributed by atoms with Crippen molar-refractivity contribution in [3.8, 4) is 0 Å². The molecule has 4 N–H and O–H groups in total. The Morgan fingerprint density at radius 1 is 1.00 bits per heavy atom. The Bertz CT molecular complexity index is 873. The van der Waals surface area contributed by atoms with E-state index in [1.807, 2.05) is 49.4 Å². The molecule has 0 saturated heterocycles. The molecule has 142 valence electrons. The minimum atomic E-state index is -0.174. The summed E-state index contributed by atoms with van der Waals surface area (Å²) < 4.78 is 0. The van der Waals surface area contributed by atoms with Crippen molar-refractivity contribution in [1.82, 2.24) is 21.2 Å². The minimum absolute atomic E-state index is 0. The van der Waals surface area contributed by atoms with Gasteiger partial charge in [0.2, 0.25) is 0 Å². The van der Waals surface area contributed by atoms with Crippen LogP contribution in [-0.4, -0.2) is 23.3 Å². The van der Waals surface area contributed by atoms with Crippen molar-refractivity contribution in [2.24, 2.45) is 0 Å². The quantitative estimate of drug-likeness (QED) is 0.371. The Labute approximate surface area is 164 Å². The van der Waals surface area contributed by atoms with Crippen LogP contribution in [-0.2, 0) is 6.54 Å². The predicted octanol–water partition coefficient (Wildman–Crippen LogP) is 3.16. The fraction of sp³-hybridized carbons (Fsp3) is 0.200. The second-order valence-electron chi connectivity index (χ2n) is 6.03. The molecule has 0 aliphatic rings. The number of amides is 2. The van der Waals surface area contributed by atoms with Crippen LogP contribution in [0.2, 0.25) is 0 Å². The molecule has 7 heteroatoms. The molecule has 1 heterocycles. The Morgan fingerprint density at radius 3 is 2.44 bits per heavy atom. The lowest BCUT2D eigenvalue weighted by molar-refractivity contribution is 0.0929. The molecule has 1 aromatic heterocycles. The summed E-state index contributed by atoms with van der Waals surface area (Å²) >= 11 is 0. The van der Waals surface area contributed by atoms with Crippen LogP contribution in [0, 0.1) is 0 Å². The van der Waals surface area contributed by atoms with Crippen LogP contribution < -0.4 is 16.2 Å². The summed E-state index contributed by atoms with van der Waals surface area (Å²) in [5, 5.41) is 3.89. The average molecular weight is 387 g/mol. The number of hydrogen-bond acceptors (Lipinski definition) is 3. The molecule has 0 bridgehead atoms. The van der Waals surface area contributed by atoms with E-state index in [1.54, 1.807) is 12.1 Å². The van der Waals surface area contributed by atoms with Gasteiger partial charge in [0.05, 0.1) is 0 Å². The Kier molecular flexibility index (Phi) is 7.40. The molecule has 27 heavy (non-hydrogen) atoms. The number of rotatable bonds is 7. The van der Waals surface area contributed by atoms with Crippen LogP contribution in [0.25, 0.3) is 10.9 Å². The molecule has 0 radical (unpaired) electrons. The van der Waals surface area contributed by atoms with E-state index < -0.39 is 0 Å². The number of aromatic nitrogens is 1. The first-order valence-corrected chi connectivity index (χ1v) is 8.65. The topological polar surface area (TPSA) is 86.0 Å². The second-order valence-corrected chi connectivity index (χ2v) is 6.03. The first-order valence-electron chi connectivity index (χ1n) is 8.65. The molecule has 0 aliphatic carbocycles. The zero-order valence-electron chi connectivity index (χ0n) is 15.0. The fourth-order valence-electron chi connectivity index (χ4n) is 2.59. The number of fused-ring (bicyclic) bond motifs is 1. The van der Waals surface area contributed by atoms with Gasteiger partial charge < -0.3 is 10.3 Å². The van der Waals surface area contributed by atoms with Gasteiger partial charge in [0.25, 0.3) is 11.8 Å². The molecule has 0 unspecified atom stereocenters. The van der Waals surface area contributed by atoms with Crippen LogP contribution in [0.4, 0.5) is 0 Å². The summed E-state index contributed by atoms with van der Waals surface area (Å²) in [4.78, 5) is 27.3. The summed E-state index contributed by atoms with van der Waals surface area (Å²) in [6.45, 7) is 3.14. The first kappa shape index (κ1) is 20.5. The van der Waals surface area contributed by atoms with Crippen molar-refractivity contribution in [3.63, 3.8) is 0 Å². The van der Waals surface area contributed by atoms with Crippen LogP contribution in [0.1, 0.15) is 39.8 Å². The molecule has 2 amide bonds. The second kappa shape index (κ2) is 9.75. The lowest BCUT2D eigenvalue weighted by atomic mass is 10.1. The third kappa shape index (κ3) is 5.32. The molecule has 6 nitrogen and oxygen atoms in total. The van der Waals surface area contributed by atoms with Gasteiger partial charge in [-0.05, 0) is 36.2 Å². The zero-order chi connectivity index (χ0) is 18.4. The third-order valence-electron chi connectivity index (χ3n) is 4.02. The van der Waals surface area contributed by atoms with Gasteiger partial charge in [-0.1, -0.05) is 37.3 Å². The van der Waals surface area contributed by atoms with Gasteiger partial charge in [-0.3, -0.25) is 15.0 Å². The number of aromatic amines is 1. The van der Waals surface area contributed by atoms with Crippen LogP contribution in [0.5, 0.6) is 0 Å². The highest BCUT2D eigenvalue weighted by molar-refractivity contribution is 5.98. The van der Waals surface area contributed by atoms with E-state index >= 15 is 0 Å². The molecule has 0 aliphatic heterocycles. The monoisotopic (exact) mass is 386 g/mol. The van der Waals surface area contributed by atoms with Gasteiger partial charge in [0.1, 0.15) is 5.69 Å². The summed E-state index contributed by atoms with van der Waals surface area (Å²) in [6, 6.07) is 16.7. The van der Waals surface area contributed by atoms with Gasteiger partial charge in [-0.25, -0.2) is 5.43 Å². The number of nitrogens with one attached hydrogen (secondary N) is 4. The molecular weight excluding hydrogens is 364 g/mol. The third-order valence-corrected chi connectivity index (χ3v) is 4.02. The van der Waals surface area contributed by atoms with Crippen molar-refractivity contribution in [2.45, 2.75) is 19.9 Å². The first-order chi connectivity index (χ1) is 12.7. The number of para-hydroxylation sites is 1. The van der Waals surface area contributed by atoms with E-state index in [0.29, 0.717) is 17.8 Å². The van der Waals surface area contributed by atoms with Gasteiger partial charge in [-0.2, -0.15) is 0 Å². The highest BCUT2D eigenvalue weighted by atomic mass is 35.5. The predicted molar refractivity (Wildman–Crippen MR) is 109 cm³/mol. The van der Waals surface area contributed by atoms with Crippen molar-refractivity contribution >= 4 is 35.1 Å². The number of hydrazine groups is 1. The van der Waals surface area contributed by atoms with Gasteiger partial charge in [0, 0.05) is 29.6 Å². The average Bonchev–Trinajstić information content (AvgIpc) is 3.11. The van der Waals surface area contributed by atoms with Gasteiger partial charge in [-0.15, -0.1) is 12.4 Å². The standard InChI is InChI=1S/C20H22N4O2.ClH/c1-2-11-22-24-19(25)15-9-7-14(8-10-15)13-21-20(26)18-12-16-5-3-4-6-17(16)23-18;/h3-10,12,22-23H,2,11,13H2,1H3,(H,21,26)(H,24,25);1H. The summed E-state index contributed by atoms with van der Waals surface area (Å²) in [5.41, 5.74) is 8.46. The highest BCUT2D eigenvalue weighted by Crippen LogP contribution is 2.14. The van der Waals surface area contributed by atoms with Crippen LogP contribution in [0.15, 0.2) is 54.6 Å². The molecule has 3 rings (SSSR count). The molecule has 2 aromatic carbocycles. The van der Waals surface area contributed by atoms with Crippen molar-refractivity contribution in [1.29, 1.82) is 0 Å². The summed E-state index contributed by atoms with van der Waals surface area (Å²) in [5.74, 6) is -0.334. The largest absolute Gasteiger partial charge is 0.351 e. The van der Waals surface area contributed by atoms with E-state index in [0.717, 1.165) is 29.4 Å². The molecular formula is C20H23ClN4O2. The Hall–Kier alpha value is -2.83. The smallest absolute Gasteiger partial charge is 0.267 e. The number of carbonyl (C=O) groups excluding carboxylic acids is 2. The van der Waals surface area contributed by atoms with E-state index in [1.165, 1.54) is 0 Å². The lowest BCUT2D eigenvalue weighted by Crippen LogP contribution is -2.37. The SMILES string of the molecule is CCCNNC(=O)c1ccc(CNC(=O)c2cc3ccccc3[nH]2)cc1.Cl. The van der Waals surface area contributed by atoms with Gasteiger partial charge in [0.15, 0.2) is 0 Å². The fourth-order valence-corrected chi connectivity index (χ4v) is 2.59. The van der Waals surface area contributed by atoms with Crippen molar-refractivity contribution < 1.29 is 9.59 Å². The summed E-state index contributed by atoms with van der Waals surface area (Å²) in [7, 11) is 0. The minimum Gasteiger partial charge on any atom is -0.351 e. The maximum Gasteiger partial charge on any atom is 0.267 e. The normalized spacial score (nSPS) is 10.3. The molecule has 0 fully saturated rings. The van der Waals surface area contributed by atoms with Crippen molar-refractivity contribution in [2.75, 3.05) is 6.54 Å². The number of hydrogen-bond donors (Lipinski definition) is 4. The number of benzene rings is 2. The Balaban J connectivity index is 0.00000261. The maximum absolute atomic E-state index is 12.3. The van der Waals surface area contributed by atoms with Crippen molar-refractivity contribution in [3.05, 3.63) is 71.4 Å². The van der Waals surface area contributed by atoms with E-state index in [-0.39, 0.29) is 24.2 Å². The molecule has 0 spiro atoms. The van der Waals surface area contributed by atoms with E-state index in [2.05, 4.69) is 21.2 Å². The molecule has 0 atom stereocenters. The van der Waals surface area contributed by atoms with Crippen LogP contribution >= 0.6 is 12.4 Å². The maximum atomic E-state index is 12.3. The van der Waals surface area contributed by atoms with E-state index in [4.69, 9.17) is 0 Å². The van der Waals surface area contributed by atoms with E-state index in [9.17, 15) is 9.59 Å². The zero-order valence-corrected chi connectivity index (χ0v) is 15.9. The Morgan fingerprint density at radius 2 is 1.74 bits per heavy atom. The molecule has 0 saturated carbocycles. The van der Waals surface area contributed by atoms with Crippen LogP contribution in [0.3, 0.4) is 0 Å². The van der Waals surface area contributed by atoms with Gasteiger partial charge >= 0.3 is 0 Å². The highest BCUT2D eigenvalue weighted by Gasteiger charge is 2.09. The summed E-state index contributed by atoms with van der Waals surface area (Å²) in [6.07, 6.45) is 0.940.